The van der Waals surface area contributed by atoms with Crippen molar-refractivity contribution < 1.29 is 13.6 Å². The molecule has 1 aromatic rings. The standard InChI is InChI=1S/C13H14F2O/c1-10(2)8-9-13(14,15)12(16)11-6-4-3-5-7-11/h3-8H,9H2,1-2H3. The monoisotopic (exact) mass is 224 g/mol. The Hall–Kier alpha value is -1.51. The largest absolute Gasteiger partial charge is 0.313 e. The number of carbonyl (C=O) groups excluding carboxylic acids is 1. The van der Waals surface area contributed by atoms with Crippen molar-refractivity contribution in [2.45, 2.75) is 26.2 Å². The number of rotatable bonds is 4. The fraction of sp³-hybridized carbons (Fsp3) is 0.308. The van der Waals surface area contributed by atoms with Gasteiger partial charge in [-0.3, -0.25) is 4.79 Å². The van der Waals surface area contributed by atoms with E-state index in [1.807, 2.05) is 0 Å². The summed E-state index contributed by atoms with van der Waals surface area (Å²) in [5.74, 6) is -4.44. The fourth-order valence-electron chi connectivity index (χ4n) is 1.23. The van der Waals surface area contributed by atoms with E-state index in [4.69, 9.17) is 0 Å². The average molecular weight is 224 g/mol. The maximum Gasteiger partial charge on any atom is 0.313 e. The molecule has 0 aromatic heterocycles. The number of hydrogen-bond acceptors (Lipinski definition) is 1. The number of alkyl halides is 2. The maximum atomic E-state index is 13.5. The van der Waals surface area contributed by atoms with Crippen molar-refractivity contribution in [1.29, 1.82) is 0 Å². The van der Waals surface area contributed by atoms with Crippen molar-refractivity contribution in [3.05, 3.63) is 47.5 Å². The normalized spacial score (nSPS) is 11.0. The van der Waals surface area contributed by atoms with E-state index in [0.717, 1.165) is 5.57 Å². The van der Waals surface area contributed by atoms with Crippen LogP contribution in [0, 0.1) is 0 Å². The van der Waals surface area contributed by atoms with Crippen LogP contribution in [0.1, 0.15) is 30.6 Å². The molecule has 86 valence electrons. The van der Waals surface area contributed by atoms with Crippen LogP contribution >= 0.6 is 0 Å². The van der Waals surface area contributed by atoms with Crippen molar-refractivity contribution in [2.75, 3.05) is 0 Å². The van der Waals surface area contributed by atoms with Gasteiger partial charge in [0.15, 0.2) is 0 Å². The molecule has 3 heteroatoms. The van der Waals surface area contributed by atoms with Crippen LogP contribution in [0.15, 0.2) is 42.0 Å². The minimum absolute atomic E-state index is 0.0506. The Morgan fingerprint density at radius 2 is 1.81 bits per heavy atom. The third-order valence-corrected chi connectivity index (χ3v) is 2.13. The highest BCUT2D eigenvalue weighted by Gasteiger charge is 2.37. The predicted octanol–water partition coefficient (Wildman–Crippen LogP) is 3.86. The zero-order valence-electron chi connectivity index (χ0n) is 9.34. The van der Waals surface area contributed by atoms with Gasteiger partial charge in [0.25, 0.3) is 0 Å². The van der Waals surface area contributed by atoms with Crippen LogP contribution in [0.4, 0.5) is 8.78 Å². The van der Waals surface area contributed by atoms with E-state index in [2.05, 4.69) is 0 Å². The summed E-state index contributed by atoms with van der Waals surface area (Å²) in [6, 6.07) is 7.64. The second-order valence-corrected chi connectivity index (χ2v) is 3.89. The highest BCUT2D eigenvalue weighted by molar-refractivity contribution is 6.01. The van der Waals surface area contributed by atoms with Gasteiger partial charge in [-0.05, 0) is 13.8 Å². The molecule has 0 unspecified atom stereocenters. The van der Waals surface area contributed by atoms with Crippen molar-refractivity contribution in [3.63, 3.8) is 0 Å². The lowest BCUT2D eigenvalue weighted by atomic mass is 10.0. The summed E-state index contributed by atoms with van der Waals surface area (Å²) in [5, 5.41) is 0. The molecule has 0 aliphatic heterocycles. The van der Waals surface area contributed by atoms with Gasteiger partial charge in [-0.25, -0.2) is 0 Å². The maximum absolute atomic E-state index is 13.5. The molecule has 0 fully saturated rings. The van der Waals surface area contributed by atoms with Gasteiger partial charge in [0.2, 0.25) is 5.78 Å². The minimum Gasteiger partial charge on any atom is -0.287 e. The van der Waals surface area contributed by atoms with Crippen LogP contribution in [0.25, 0.3) is 0 Å². The first-order chi connectivity index (χ1) is 7.43. The van der Waals surface area contributed by atoms with E-state index in [0.29, 0.717) is 0 Å². The number of halogens is 2. The Morgan fingerprint density at radius 1 is 1.25 bits per heavy atom. The summed E-state index contributed by atoms with van der Waals surface area (Å²) in [7, 11) is 0. The van der Waals surface area contributed by atoms with E-state index in [1.54, 1.807) is 32.0 Å². The second kappa shape index (κ2) is 5.01. The summed E-state index contributed by atoms with van der Waals surface area (Å²) >= 11 is 0. The van der Waals surface area contributed by atoms with E-state index < -0.39 is 18.1 Å². The van der Waals surface area contributed by atoms with Crippen molar-refractivity contribution in [3.8, 4) is 0 Å². The van der Waals surface area contributed by atoms with E-state index in [9.17, 15) is 13.6 Å². The molecule has 1 rings (SSSR count). The van der Waals surface area contributed by atoms with Crippen LogP contribution in [-0.4, -0.2) is 11.7 Å². The van der Waals surface area contributed by atoms with Gasteiger partial charge in [0.05, 0.1) is 0 Å². The molecule has 0 heterocycles. The molecule has 0 amide bonds. The van der Waals surface area contributed by atoms with Gasteiger partial charge in [-0.2, -0.15) is 8.78 Å². The molecule has 0 spiro atoms. The Labute approximate surface area is 93.8 Å². The first kappa shape index (κ1) is 12.6. The SMILES string of the molecule is CC(C)=CCC(F)(F)C(=O)c1ccccc1. The molecule has 0 N–H and O–H groups in total. The van der Waals surface area contributed by atoms with Gasteiger partial charge < -0.3 is 0 Å². The fourth-order valence-corrected chi connectivity index (χ4v) is 1.23. The first-order valence-electron chi connectivity index (χ1n) is 5.04. The zero-order chi connectivity index (χ0) is 12.2. The lowest BCUT2D eigenvalue weighted by Gasteiger charge is -2.13. The highest BCUT2D eigenvalue weighted by Crippen LogP contribution is 2.25. The van der Waals surface area contributed by atoms with Crippen LogP contribution < -0.4 is 0 Å². The number of benzene rings is 1. The molecule has 1 aromatic carbocycles. The van der Waals surface area contributed by atoms with Gasteiger partial charge in [-0.15, -0.1) is 0 Å². The Morgan fingerprint density at radius 3 is 2.31 bits per heavy atom. The summed E-state index contributed by atoms with van der Waals surface area (Å²) in [4.78, 5) is 11.5. The summed E-state index contributed by atoms with van der Waals surface area (Å²) < 4.78 is 26.9. The van der Waals surface area contributed by atoms with Gasteiger partial charge >= 0.3 is 5.92 Å². The summed E-state index contributed by atoms with van der Waals surface area (Å²) in [6.45, 7) is 3.45. The summed E-state index contributed by atoms with van der Waals surface area (Å²) in [6.07, 6.45) is 0.837. The molecular weight excluding hydrogens is 210 g/mol. The lowest BCUT2D eigenvalue weighted by Crippen LogP contribution is -2.28. The molecule has 0 atom stereocenters. The Bertz CT molecular complexity index is 390. The van der Waals surface area contributed by atoms with Gasteiger partial charge in [0.1, 0.15) is 0 Å². The average Bonchev–Trinajstić information content (AvgIpc) is 2.27. The van der Waals surface area contributed by atoms with Crippen molar-refractivity contribution >= 4 is 5.78 Å². The number of Topliss-reactive ketones (excluding diaryl/α,β-unsaturated/α-hetero) is 1. The number of carbonyl (C=O) groups is 1. The van der Waals surface area contributed by atoms with Gasteiger partial charge in [-0.1, -0.05) is 42.0 Å². The van der Waals surface area contributed by atoms with Gasteiger partial charge in [0, 0.05) is 12.0 Å². The van der Waals surface area contributed by atoms with E-state index >= 15 is 0 Å². The molecule has 16 heavy (non-hydrogen) atoms. The minimum atomic E-state index is -3.32. The molecule has 0 aliphatic rings. The predicted molar refractivity (Wildman–Crippen MR) is 59.8 cm³/mol. The molecule has 1 nitrogen and oxygen atoms in total. The highest BCUT2D eigenvalue weighted by atomic mass is 19.3. The topological polar surface area (TPSA) is 17.1 Å². The van der Waals surface area contributed by atoms with E-state index in [-0.39, 0.29) is 5.56 Å². The van der Waals surface area contributed by atoms with Crippen molar-refractivity contribution in [1.82, 2.24) is 0 Å². The van der Waals surface area contributed by atoms with Crippen LogP contribution in [0.3, 0.4) is 0 Å². The molecule has 0 radical (unpaired) electrons. The second-order valence-electron chi connectivity index (χ2n) is 3.89. The Balaban J connectivity index is 2.84. The summed E-state index contributed by atoms with van der Waals surface area (Å²) in [5.41, 5.74) is 0.829. The lowest BCUT2D eigenvalue weighted by molar-refractivity contribution is 0.0122. The Kier molecular flexibility index (Phi) is 3.93. The third-order valence-electron chi connectivity index (χ3n) is 2.13. The van der Waals surface area contributed by atoms with Crippen LogP contribution in [-0.2, 0) is 0 Å². The van der Waals surface area contributed by atoms with Crippen LogP contribution in [0.5, 0.6) is 0 Å². The van der Waals surface area contributed by atoms with E-state index in [1.165, 1.54) is 18.2 Å². The third kappa shape index (κ3) is 3.26. The van der Waals surface area contributed by atoms with Crippen LogP contribution in [0.2, 0.25) is 0 Å². The number of allylic oxidation sites excluding steroid dienone is 2. The molecule has 0 saturated heterocycles. The van der Waals surface area contributed by atoms with Crippen molar-refractivity contribution in [2.24, 2.45) is 0 Å². The number of ketones is 1. The quantitative estimate of drug-likeness (QED) is 0.560. The first-order valence-corrected chi connectivity index (χ1v) is 5.04. The smallest absolute Gasteiger partial charge is 0.287 e. The molecule has 0 bridgehead atoms. The molecule has 0 saturated carbocycles. The molecule has 0 aliphatic carbocycles. The molecular formula is C13H14F2O. The number of hydrogen-bond donors (Lipinski definition) is 0. The zero-order valence-corrected chi connectivity index (χ0v) is 9.34.